The van der Waals surface area contributed by atoms with Gasteiger partial charge in [-0.05, 0) is 90.4 Å². The van der Waals surface area contributed by atoms with Gasteiger partial charge in [-0.25, -0.2) is 0 Å². The van der Waals surface area contributed by atoms with E-state index in [0.29, 0.717) is 22.3 Å². The Kier molecular flexibility index (Phi) is 7.01. The lowest BCUT2D eigenvalue weighted by molar-refractivity contribution is -0.120. The molecule has 0 atom stereocenters. The summed E-state index contributed by atoms with van der Waals surface area (Å²) in [5.74, 6) is 0.286. The summed E-state index contributed by atoms with van der Waals surface area (Å²) in [5, 5.41) is 23.1. The van der Waals surface area contributed by atoms with Crippen LogP contribution >= 0.6 is 0 Å². The van der Waals surface area contributed by atoms with E-state index in [1.165, 1.54) is 0 Å². The van der Waals surface area contributed by atoms with Crippen LogP contribution in [-0.4, -0.2) is 16.1 Å². The molecule has 226 valence electrons. The zero-order valence-electron chi connectivity index (χ0n) is 26.4. The van der Waals surface area contributed by atoms with Gasteiger partial charge in [0.2, 0.25) is 0 Å². The number of phenols is 2. The first kappa shape index (κ1) is 29.1. The van der Waals surface area contributed by atoms with Crippen molar-refractivity contribution in [1.82, 2.24) is 0 Å². The fraction of sp³-hybridized carbons (Fsp3) is 0.119. The van der Waals surface area contributed by atoms with Crippen molar-refractivity contribution in [1.29, 1.82) is 0 Å². The van der Waals surface area contributed by atoms with Gasteiger partial charge in [-0.15, -0.1) is 0 Å². The summed E-state index contributed by atoms with van der Waals surface area (Å²) in [7, 11) is 0. The molecule has 0 saturated carbocycles. The van der Waals surface area contributed by atoms with Crippen LogP contribution in [0.5, 0.6) is 11.5 Å². The van der Waals surface area contributed by atoms with Crippen molar-refractivity contribution in [2.75, 3.05) is 4.90 Å². The minimum atomic E-state index is -1.30. The fourth-order valence-corrected chi connectivity index (χ4v) is 7.38. The number of rotatable bonds is 5. The average Bonchev–Trinajstić information content (AvgIpc) is 3.34. The molecule has 1 heterocycles. The Morgan fingerprint density at radius 1 is 0.522 bits per heavy atom. The molecule has 1 aliphatic rings. The summed E-state index contributed by atoms with van der Waals surface area (Å²) in [6, 6.07) is 41.4. The molecule has 0 unspecified atom stereocenters. The first-order valence-corrected chi connectivity index (χ1v) is 15.5. The van der Waals surface area contributed by atoms with Crippen molar-refractivity contribution in [3.8, 4) is 33.8 Å². The van der Waals surface area contributed by atoms with Gasteiger partial charge in [0, 0.05) is 22.4 Å². The summed E-state index contributed by atoms with van der Waals surface area (Å²) in [5.41, 5.74) is 8.87. The minimum Gasteiger partial charge on any atom is -0.507 e. The molecule has 0 spiro atoms. The predicted molar refractivity (Wildman–Crippen MR) is 186 cm³/mol. The number of phenolic OH excluding ortho intramolecular Hbond substituents is 2. The largest absolute Gasteiger partial charge is 0.507 e. The van der Waals surface area contributed by atoms with Gasteiger partial charge >= 0.3 is 0 Å². The van der Waals surface area contributed by atoms with Crippen LogP contribution in [-0.2, 0) is 10.2 Å². The second kappa shape index (κ2) is 11.1. The number of nitrogens with zero attached hydrogens (tertiary/aromatic N) is 1. The molecule has 6 aromatic rings. The topological polar surface area (TPSA) is 60.8 Å². The zero-order valence-corrected chi connectivity index (χ0v) is 26.4. The maximum absolute atomic E-state index is 15.7. The summed E-state index contributed by atoms with van der Waals surface area (Å²) in [4.78, 5) is 17.5. The number of aromatic hydroxyl groups is 2. The van der Waals surface area contributed by atoms with Crippen molar-refractivity contribution in [3.05, 3.63) is 166 Å². The van der Waals surface area contributed by atoms with E-state index in [1.54, 1.807) is 0 Å². The molecular weight excluding hydrogens is 566 g/mol. The van der Waals surface area contributed by atoms with Crippen molar-refractivity contribution < 1.29 is 15.0 Å². The third-order valence-electron chi connectivity index (χ3n) is 9.52. The molecule has 0 saturated heterocycles. The number of fused-ring (bicyclic) bond motifs is 1. The van der Waals surface area contributed by atoms with Crippen molar-refractivity contribution in [2.24, 2.45) is 0 Å². The first-order valence-electron chi connectivity index (χ1n) is 15.5. The molecule has 0 aromatic heterocycles. The molecule has 1 amide bonds. The summed E-state index contributed by atoms with van der Waals surface area (Å²) >= 11 is 0. The molecule has 1 aliphatic heterocycles. The number of hydrogen-bond donors (Lipinski definition) is 2. The van der Waals surface area contributed by atoms with Gasteiger partial charge in [-0.2, -0.15) is 0 Å². The zero-order chi connectivity index (χ0) is 32.2. The molecule has 2 N–H and O–H groups in total. The molecule has 46 heavy (non-hydrogen) atoms. The number of hydrogen-bond acceptors (Lipinski definition) is 3. The molecule has 0 aliphatic carbocycles. The highest BCUT2D eigenvalue weighted by atomic mass is 16.3. The van der Waals surface area contributed by atoms with Crippen LogP contribution in [0.25, 0.3) is 22.3 Å². The number of carbonyl (C=O) groups excluding carboxylic acids is 1. The average molecular weight is 602 g/mol. The number of aryl methyl sites for hydroxylation is 2. The number of benzene rings is 6. The van der Waals surface area contributed by atoms with Gasteiger partial charge in [-0.1, -0.05) is 109 Å². The van der Waals surface area contributed by atoms with Crippen LogP contribution in [0.2, 0.25) is 0 Å². The number of amides is 1. The Labute approximate surface area is 269 Å². The lowest BCUT2D eigenvalue weighted by Crippen LogP contribution is -2.42. The minimum absolute atomic E-state index is 0.112. The van der Waals surface area contributed by atoms with E-state index in [9.17, 15) is 10.2 Å². The normalized spacial score (nSPS) is 13.6. The standard InChI is InChI=1S/C42H35NO3/c1-26-24-34(28(3)37(39(26)44)30-16-8-5-9-17-30)42(35-25-27(2)40(45)38(29(35)4)31-18-10-6-11-19-31)33-22-14-15-23-36(33)43(41(42)46)32-20-12-7-13-21-32/h5-25,44-45H,1-4H3. The summed E-state index contributed by atoms with van der Waals surface area (Å²) in [6.07, 6.45) is 0. The van der Waals surface area contributed by atoms with E-state index in [2.05, 4.69) is 0 Å². The van der Waals surface area contributed by atoms with Gasteiger partial charge in [0.25, 0.3) is 5.91 Å². The number of para-hydroxylation sites is 2. The Bertz CT molecular complexity index is 2020. The smallest absolute Gasteiger partial charge is 0.251 e. The lowest BCUT2D eigenvalue weighted by atomic mass is 9.65. The number of anilines is 2. The highest BCUT2D eigenvalue weighted by Crippen LogP contribution is 2.57. The van der Waals surface area contributed by atoms with Gasteiger partial charge in [0.05, 0.1) is 5.69 Å². The van der Waals surface area contributed by atoms with Crippen LogP contribution in [0, 0.1) is 27.7 Å². The Hall–Kier alpha value is -5.61. The molecule has 4 heteroatoms. The molecular formula is C42H35NO3. The Morgan fingerprint density at radius 2 is 0.935 bits per heavy atom. The SMILES string of the molecule is Cc1cc(C2(c3cc(C)c(O)c(-c4ccccc4)c3C)C(=O)N(c3ccccc3)c3ccccc32)c(C)c(-c2ccccc2)c1O. The molecule has 0 bridgehead atoms. The van der Waals surface area contributed by atoms with Crippen molar-refractivity contribution >= 4 is 17.3 Å². The lowest BCUT2D eigenvalue weighted by Gasteiger charge is -2.35. The molecule has 0 fully saturated rings. The predicted octanol–water partition coefficient (Wildman–Crippen LogP) is 9.68. The van der Waals surface area contributed by atoms with Crippen molar-refractivity contribution in [3.63, 3.8) is 0 Å². The quantitative estimate of drug-likeness (QED) is 0.207. The first-order chi connectivity index (χ1) is 22.3. The molecule has 0 radical (unpaired) electrons. The van der Waals surface area contributed by atoms with Crippen LogP contribution in [0.4, 0.5) is 11.4 Å². The monoisotopic (exact) mass is 601 g/mol. The third-order valence-corrected chi connectivity index (χ3v) is 9.52. The number of carbonyl (C=O) groups is 1. The van der Waals surface area contributed by atoms with Crippen LogP contribution < -0.4 is 4.90 Å². The van der Waals surface area contributed by atoms with E-state index in [4.69, 9.17) is 0 Å². The molecule has 4 nitrogen and oxygen atoms in total. The van der Waals surface area contributed by atoms with E-state index in [1.807, 2.05) is 160 Å². The maximum atomic E-state index is 15.7. The highest BCUT2D eigenvalue weighted by Gasteiger charge is 2.56. The van der Waals surface area contributed by atoms with Gasteiger partial charge in [0.1, 0.15) is 16.9 Å². The van der Waals surface area contributed by atoms with E-state index >= 15 is 4.79 Å². The second-order valence-corrected chi connectivity index (χ2v) is 12.2. The van der Waals surface area contributed by atoms with Gasteiger partial charge < -0.3 is 10.2 Å². The van der Waals surface area contributed by atoms with Crippen molar-refractivity contribution in [2.45, 2.75) is 33.1 Å². The maximum Gasteiger partial charge on any atom is 0.251 e. The third kappa shape index (κ3) is 4.17. The van der Waals surface area contributed by atoms with Gasteiger partial charge in [0.15, 0.2) is 0 Å². The second-order valence-electron chi connectivity index (χ2n) is 12.2. The summed E-state index contributed by atoms with van der Waals surface area (Å²) in [6.45, 7) is 7.78. The Morgan fingerprint density at radius 3 is 1.41 bits per heavy atom. The van der Waals surface area contributed by atoms with Crippen LogP contribution in [0.3, 0.4) is 0 Å². The summed E-state index contributed by atoms with van der Waals surface area (Å²) < 4.78 is 0. The Balaban J connectivity index is 1.67. The van der Waals surface area contributed by atoms with E-state index in [-0.39, 0.29) is 17.4 Å². The van der Waals surface area contributed by atoms with E-state index < -0.39 is 5.41 Å². The van der Waals surface area contributed by atoms with E-state index in [0.717, 1.165) is 50.3 Å². The molecule has 7 rings (SSSR count). The highest BCUT2D eigenvalue weighted by molar-refractivity contribution is 6.18. The van der Waals surface area contributed by atoms with Crippen LogP contribution in [0.1, 0.15) is 38.9 Å². The molecule has 6 aromatic carbocycles. The van der Waals surface area contributed by atoms with Crippen LogP contribution in [0.15, 0.2) is 127 Å². The fourth-order valence-electron chi connectivity index (χ4n) is 7.38. The van der Waals surface area contributed by atoms with Gasteiger partial charge in [-0.3, -0.25) is 9.69 Å².